The minimum Gasteiger partial charge on any atom is -0.339 e. The number of amides is 1. The van der Waals surface area contributed by atoms with E-state index in [1.165, 1.54) is 5.01 Å². The molecule has 3 rings (SSSR count). The third kappa shape index (κ3) is 2.90. The summed E-state index contributed by atoms with van der Waals surface area (Å²) in [5.41, 5.74) is 0.686. The lowest BCUT2D eigenvalue weighted by Crippen LogP contribution is -2.38. The molecular formula is C14H18N4OS. The largest absolute Gasteiger partial charge is 0.339 e. The van der Waals surface area contributed by atoms with Gasteiger partial charge in [-0.05, 0) is 18.8 Å². The van der Waals surface area contributed by atoms with Crippen molar-refractivity contribution in [3.63, 3.8) is 0 Å². The van der Waals surface area contributed by atoms with Crippen molar-refractivity contribution in [3.8, 4) is 0 Å². The van der Waals surface area contributed by atoms with Gasteiger partial charge in [-0.25, -0.2) is 4.98 Å². The molecule has 1 amide bonds. The quantitative estimate of drug-likeness (QED) is 0.868. The van der Waals surface area contributed by atoms with Crippen LogP contribution in [0.5, 0.6) is 0 Å². The van der Waals surface area contributed by atoms with Crippen LogP contribution in [0.3, 0.4) is 0 Å². The highest BCUT2D eigenvalue weighted by molar-refractivity contribution is 7.09. The monoisotopic (exact) mass is 290 g/mol. The van der Waals surface area contributed by atoms with Crippen molar-refractivity contribution in [1.82, 2.24) is 19.7 Å². The van der Waals surface area contributed by atoms with Gasteiger partial charge in [0.2, 0.25) is 0 Å². The van der Waals surface area contributed by atoms with Crippen LogP contribution < -0.4 is 0 Å². The molecule has 5 nitrogen and oxygen atoms in total. The van der Waals surface area contributed by atoms with Crippen LogP contribution in [0.25, 0.3) is 0 Å². The van der Waals surface area contributed by atoms with E-state index in [0.717, 1.165) is 32.4 Å². The van der Waals surface area contributed by atoms with Crippen molar-refractivity contribution >= 4 is 17.2 Å². The van der Waals surface area contributed by atoms with Crippen molar-refractivity contribution in [3.05, 3.63) is 34.5 Å². The molecule has 0 atom stereocenters. The zero-order valence-corrected chi connectivity index (χ0v) is 12.3. The molecule has 3 heterocycles. The normalized spacial score (nSPS) is 16.6. The minimum absolute atomic E-state index is 0.103. The van der Waals surface area contributed by atoms with Gasteiger partial charge in [0.1, 0.15) is 0 Å². The van der Waals surface area contributed by atoms with Crippen LogP contribution >= 0.6 is 11.3 Å². The number of piperidine rings is 1. The lowest BCUT2D eigenvalue weighted by molar-refractivity contribution is 0.0690. The Kier molecular flexibility index (Phi) is 3.82. The summed E-state index contributed by atoms with van der Waals surface area (Å²) in [6, 6.07) is 0. The summed E-state index contributed by atoms with van der Waals surface area (Å²) in [4.78, 5) is 18.6. The Bertz CT molecular complexity index is 570. The maximum absolute atomic E-state index is 12.3. The second-order valence-electron chi connectivity index (χ2n) is 5.27. The van der Waals surface area contributed by atoms with E-state index in [4.69, 9.17) is 0 Å². The molecule has 1 aliphatic heterocycles. The van der Waals surface area contributed by atoms with Crippen molar-refractivity contribution in [2.75, 3.05) is 13.1 Å². The predicted molar refractivity (Wildman–Crippen MR) is 77.7 cm³/mol. The molecule has 0 saturated carbocycles. The second kappa shape index (κ2) is 5.75. The minimum atomic E-state index is 0.103. The highest BCUT2D eigenvalue weighted by Gasteiger charge is 2.24. The zero-order valence-electron chi connectivity index (χ0n) is 11.5. The van der Waals surface area contributed by atoms with Crippen LogP contribution in [0.2, 0.25) is 0 Å². The molecule has 2 aromatic heterocycles. The van der Waals surface area contributed by atoms with E-state index in [1.54, 1.807) is 28.4 Å². The van der Waals surface area contributed by atoms with E-state index < -0.39 is 0 Å². The molecule has 0 aliphatic carbocycles. The summed E-state index contributed by atoms with van der Waals surface area (Å²) in [6.45, 7) is 1.67. The van der Waals surface area contributed by atoms with Gasteiger partial charge in [-0.2, -0.15) is 5.10 Å². The number of carbonyl (C=O) groups is 1. The number of hydrogen-bond acceptors (Lipinski definition) is 4. The Balaban J connectivity index is 1.54. The fourth-order valence-electron chi connectivity index (χ4n) is 2.66. The van der Waals surface area contributed by atoms with E-state index in [-0.39, 0.29) is 5.91 Å². The van der Waals surface area contributed by atoms with Gasteiger partial charge >= 0.3 is 0 Å². The molecule has 20 heavy (non-hydrogen) atoms. The number of aromatic nitrogens is 3. The van der Waals surface area contributed by atoms with Gasteiger partial charge in [0, 0.05) is 44.3 Å². The van der Waals surface area contributed by atoms with Gasteiger partial charge in [0.25, 0.3) is 5.91 Å². The molecule has 1 saturated heterocycles. The summed E-state index contributed by atoms with van der Waals surface area (Å²) in [5.74, 6) is 0.755. The first-order valence-electron chi connectivity index (χ1n) is 6.88. The molecule has 0 N–H and O–H groups in total. The average molecular weight is 290 g/mol. The van der Waals surface area contributed by atoms with Gasteiger partial charge in [-0.15, -0.1) is 11.3 Å². The maximum Gasteiger partial charge on any atom is 0.257 e. The molecule has 0 unspecified atom stereocenters. The molecule has 106 valence electrons. The Morgan fingerprint density at radius 1 is 1.45 bits per heavy atom. The van der Waals surface area contributed by atoms with Gasteiger partial charge in [0.05, 0.1) is 16.8 Å². The van der Waals surface area contributed by atoms with Crippen LogP contribution in [-0.4, -0.2) is 38.7 Å². The number of likely N-dealkylation sites (tertiary alicyclic amines) is 1. The molecular weight excluding hydrogens is 272 g/mol. The van der Waals surface area contributed by atoms with Gasteiger partial charge in [0.15, 0.2) is 0 Å². The fourth-order valence-corrected chi connectivity index (χ4v) is 3.39. The van der Waals surface area contributed by atoms with Crippen molar-refractivity contribution < 1.29 is 4.79 Å². The molecule has 0 spiro atoms. The standard InChI is InChI=1S/C14H18N4OS/c1-17-10-12(9-16-17)14(19)18-5-2-11(3-6-18)8-13-15-4-7-20-13/h4,7,9-11H,2-3,5-6,8H2,1H3. The maximum atomic E-state index is 12.3. The van der Waals surface area contributed by atoms with E-state index in [9.17, 15) is 4.79 Å². The lowest BCUT2D eigenvalue weighted by atomic mass is 9.93. The second-order valence-corrected chi connectivity index (χ2v) is 6.25. The first-order valence-corrected chi connectivity index (χ1v) is 7.76. The molecule has 0 radical (unpaired) electrons. The van der Waals surface area contributed by atoms with E-state index in [1.807, 2.05) is 23.5 Å². The number of rotatable bonds is 3. The van der Waals surface area contributed by atoms with E-state index >= 15 is 0 Å². The number of hydrogen-bond donors (Lipinski definition) is 0. The zero-order chi connectivity index (χ0) is 13.9. The van der Waals surface area contributed by atoms with Crippen LogP contribution in [0.1, 0.15) is 28.2 Å². The Labute approximate surface area is 122 Å². The highest BCUT2D eigenvalue weighted by atomic mass is 32.1. The summed E-state index contributed by atoms with van der Waals surface area (Å²) in [6.07, 6.45) is 8.46. The number of aryl methyl sites for hydroxylation is 1. The molecule has 1 fully saturated rings. The topological polar surface area (TPSA) is 51.0 Å². The molecule has 0 aromatic carbocycles. The average Bonchev–Trinajstić information content (AvgIpc) is 3.10. The summed E-state index contributed by atoms with van der Waals surface area (Å²) < 4.78 is 1.67. The molecule has 2 aromatic rings. The van der Waals surface area contributed by atoms with Crippen molar-refractivity contribution in [1.29, 1.82) is 0 Å². The highest BCUT2D eigenvalue weighted by Crippen LogP contribution is 2.23. The summed E-state index contributed by atoms with van der Waals surface area (Å²) in [7, 11) is 1.83. The fraction of sp³-hybridized carbons (Fsp3) is 0.500. The SMILES string of the molecule is Cn1cc(C(=O)N2CCC(Cc3nccs3)CC2)cn1. The number of carbonyl (C=O) groups excluding carboxylic acids is 1. The smallest absolute Gasteiger partial charge is 0.257 e. The van der Waals surface area contributed by atoms with Gasteiger partial charge in [-0.3, -0.25) is 9.48 Å². The summed E-state index contributed by atoms with van der Waals surface area (Å²) in [5, 5.41) is 7.29. The Morgan fingerprint density at radius 3 is 2.85 bits per heavy atom. The first-order chi connectivity index (χ1) is 9.72. The van der Waals surface area contributed by atoms with Crippen molar-refractivity contribution in [2.45, 2.75) is 19.3 Å². The molecule has 6 heteroatoms. The Morgan fingerprint density at radius 2 is 2.25 bits per heavy atom. The van der Waals surface area contributed by atoms with Crippen LogP contribution in [0.4, 0.5) is 0 Å². The third-order valence-corrected chi connectivity index (χ3v) is 4.60. The van der Waals surface area contributed by atoms with Crippen LogP contribution in [0, 0.1) is 5.92 Å². The van der Waals surface area contributed by atoms with E-state index in [0.29, 0.717) is 11.5 Å². The third-order valence-electron chi connectivity index (χ3n) is 3.80. The Hall–Kier alpha value is -1.69. The number of thiazole rings is 1. The van der Waals surface area contributed by atoms with Gasteiger partial charge < -0.3 is 4.90 Å². The lowest BCUT2D eigenvalue weighted by Gasteiger charge is -2.31. The van der Waals surface area contributed by atoms with Gasteiger partial charge in [-0.1, -0.05) is 0 Å². The predicted octanol–water partition coefficient (Wildman–Crippen LogP) is 1.97. The van der Waals surface area contributed by atoms with Crippen LogP contribution in [0.15, 0.2) is 24.0 Å². The van der Waals surface area contributed by atoms with Crippen LogP contribution in [-0.2, 0) is 13.5 Å². The molecule has 0 bridgehead atoms. The van der Waals surface area contributed by atoms with E-state index in [2.05, 4.69) is 10.1 Å². The number of nitrogens with zero attached hydrogens (tertiary/aromatic N) is 4. The van der Waals surface area contributed by atoms with Crippen molar-refractivity contribution in [2.24, 2.45) is 13.0 Å². The summed E-state index contributed by atoms with van der Waals surface area (Å²) >= 11 is 1.72. The first kappa shape index (κ1) is 13.3. The molecule has 1 aliphatic rings.